The Balaban J connectivity index is 0.000000228. The van der Waals surface area contributed by atoms with Gasteiger partial charge in [0, 0.05) is 18.0 Å². The Kier molecular flexibility index (Phi) is 12.8. The van der Waals surface area contributed by atoms with Crippen molar-refractivity contribution in [3.8, 4) is 11.5 Å². The molecule has 0 fully saturated rings. The molecule has 2 N–H and O–H groups in total. The predicted molar refractivity (Wildman–Crippen MR) is 184 cm³/mol. The maximum absolute atomic E-state index is 12.5. The van der Waals surface area contributed by atoms with Crippen molar-refractivity contribution in [1.82, 2.24) is 20.2 Å². The number of hydrogen-bond acceptors (Lipinski definition) is 11. The van der Waals surface area contributed by atoms with Crippen LogP contribution in [-0.4, -0.2) is 60.8 Å². The normalized spacial score (nSPS) is 11.5. The van der Waals surface area contributed by atoms with Crippen molar-refractivity contribution in [2.45, 2.75) is 33.4 Å². The number of hydrogen-bond donors (Lipinski definition) is 1. The highest BCUT2D eigenvalue weighted by molar-refractivity contribution is 7.93. The Labute approximate surface area is 288 Å². The molecule has 0 bridgehead atoms. The Morgan fingerprint density at radius 3 is 1.62 bits per heavy atom. The van der Waals surface area contributed by atoms with Crippen LogP contribution in [0.2, 0.25) is 0 Å². The summed E-state index contributed by atoms with van der Waals surface area (Å²) in [5.41, 5.74) is 8.24. The van der Waals surface area contributed by atoms with Crippen LogP contribution in [0.25, 0.3) is 11.5 Å². The predicted octanol–water partition coefficient (Wildman–Crippen LogP) is 5.00. The van der Waals surface area contributed by atoms with Crippen LogP contribution >= 0.6 is 0 Å². The molecule has 0 spiro atoms. The van der Waals surface area contributed by atoms with Gasteiger partial charge >= 0.3 is 6.43 Å². The summed E-state index contributed by atoms with van der Waals surface area (Å²) in [6.45, 7) is 3.23. The fourth-order valence-corrected chi connectivity index (χ4v) is 6.55. The number of nitrogens with two attached hydrogens (primary N) is 1. The lowest BCUT2D eigenvalue weighted by molar-refractivity contribution is 0.100. The third-order valence-electron chi connectivity index (χ3n) is 7.13. The molecule has 17 heteroatoms. The number of benzene rings is 2. The molecule has 0 amide bonds. The molecule has 0 radical (unpaired) electrons. The van der Waals surface area contributed by atoms with Crippen LogP contribution in [0.3, 0.4) is 0 Å². The Hall–Kier alpha value is -5.13. The Morgan fingerprint density at radius 1 is 0.740 bits per heavy atom. The summed E-state index contributed by atoms with van der Waals surface area (Å²) in [5, 5.41) is 6.82. The van der Waals surface area contributed by atoms with Gasteiger partial charge in [-0.05, 0) is 62.4 Å². The number of Topliss-reactive ketones (excluding diaryl/α,β-unsaturated/α-hetero) is 1. The molecule has 5 aromatic rings. The van der Waals surface area contributed by atoms with Crippen LogP contribution in [0.15, 0.2) is 102 Å². The van der Waals surface area contributed by atoms with E-state index in [4.69, 9.17) is 10.2 Å². The van der Waals surface area contributed by atoms with Crippen LogP contribution < -0.4 is 14.3 Å². The largest absolute Gasteiger partial charge is 0.415 e. The first-order valence-corrected chi connectivity index (χ1v) is 18.5. The van der Waals surface area contributed by atoms with E-state index in [9.17, 15) is 30.4 Å². The fraction of sp³-hybridized carbons (Fsp3) is 0.242. The number of para-hydroxylation sites is 2. The van der Waals surface area contributed by atoms with E-state index >= 15 is 0 Å². The van der Waals surface area contributed by atoms with Gasteiger partial charge in [0.05, 0.1) is 59.5 Å². The molecule has 0 aliphatic carbocycles. The lowest BCUT2D eigenvalue weighted by Crippen LogP contribution is -2.32. The minimum atomic E-state index is -3.51. The van der Waals surface area contributed by atoms with Crippen LogP contribution in [-0.2, 0) is 33.1 Å². The number of rotatable bonds is 14. The number of ketones is 1. The number of halogens is 2. The molecule has 0 aliphatic heterocycles. The molecule has 0 aliphatic rings. The summed E-state index contributed by atoms with van der Waals surface area (Å²) in [7, 11) is -6.95. The van der Waals surface area contributed by atoms with Crippen molar-refractivity contribution in [3.05, 3.63) is 120 Å². The van der Waals surface area contributed by atoms with Gasteiger partial charge in [0.25, 0.3) is 5.89 Å². The number of sulfonamides is 2. The highest BCUT2D eigenvalue weighted by atomic mass is 32.2. The fourth-order valence-electron chi connectivity index (χ4n) is 4.38. The summed E-state index contributed by atoms with van der Waals surface area (Å²) < 4.78 is 82.2. The average Bonchev–Trinajstić information content (AvgIpc) is 3.65. The van der Waals surface area contributed by atoms with Crippen molar-refractivity contribution in [2.75, 3.05) is 26.7 Å². The molecular formula is C33H35F2N7O6S2. The molecule has 5 rings (SSSR count). The molecule has 50 heavy (non-hydrogen) atoms. The molecule has 264 valence electrons. The average molecular weight is 728 g/mol. The molecular weight excluding hydrogens is 693 g/mol. The standard InChI is InChI=1S/C17H16F2N4O3S.C16H19N3O3S/c1-2-27(24,25)23(14-6-4-3-5-7-14)11-13-9-8-12(10-20-13)16-21-22-17(26-16)15(18)19;1-2-23(21,22)19(15-6-4-3-5-7-15)12-14-9-8-13(11-18-14)16(20)10-17/h3-10,15H,2,11H2,1H3;3-9,11H,2,10,12,17H2,1H3. The van der Waals surface area contributed by atoms with Crippen LogP contribution in [0.4, 0.5) is 20.2 Å². The van der Waals surface area contributed by atoms with Crippen molar-refractivity contribution in [3.63, 3.8) is 0 Å². The van der Waals surface area contributed by atoms with Gasteiger partial charge in [-0.2, -0.15) is 8.78 Å². The van der Waals surface area contributed by atoms with E-state index in [1.165, 1.54) is 21.0 Å². The zero-order valence-electron chi connectivity index (χ0n) is 27.1. The number of carbonyl (C=O) groups is 1. The summed E-state index contributed by atoms with van der Waals surface area (Å²) in [6, 6.07) is 24.0. The topological polar surface area (TPSA) is 183 Å². The molecule has 0 atom stereocenters. The molecule has 2 aromatic carbocycles. The highest BCUT2D eigenvalue weighted by Crippen LogP contribution is 2.25. The first-order chi connectivity index (χ1) is 23.9. The summed E-state index contributed by atoms with van der Waals surface area (Å²) in [5.74, 6) is -1.11. The highest BCUT2D eigenvalue weighted by Gasteiger charge is 2.23. The van der Waals surface area contributed by atoms with Gasteiger partial charge in [-0.3, -0.25) is 23.4 Å². The minimum Gasteiger partial charge on any atom is -0.415 e. The van der Waals surface area contributed by atoms with E-state index in [0.717, 1.165) is 0 Å². The Bertz CT molecular complexity index is 2050. The van der Waals surface area contributed by atoms with Crippen molar-refractivity contribution >= 4 is 37.2 Å². The van der Waals surface area contributed by atoms with Crippen molar-refractivity contribution in [2.24, 2.45) is 5.73 Å². The van der Waals surface area contributed by atoms with Gasteiger partial charge in [-0.15, -0.1) is 10.2 Å². The third kappa shape index (κ3) is 9.73. The number of alkyl halides is 2. The molecule has 0 saturated heterocycles. The maximum Gasteiger partial charge on any atom is 0.314 e. The molecule has 0 unspecified atom stereocenters. The van der Waals surface area contributed by atoms with Gasteiger partial charge in [0.2, 0.25) is 25.9 Å². The third-order valence-corrected chi connectivity index (χ3v) is 10.6. The number of pyridine rings is 2. The summed E-state index contributed by atoms with van der Waals surface area (Å²) >= 11 is 0. The van der Waals surface area contributed by atoms with E-state index in [0.29, 0.717) is 33.9 Å². The van der Waals surface area contributed by atoms with Gasteiger partial charge in [0.15, 0.2) is 5.78 Å². The van der Waals surface area contributed by atoms with E-state index < -0.39 is 32.4 Å². The number of anilines is 2. The van der Waals surface area contributed by atoms with Gasteiger partial charge in [-0.1, -0.05) is 36.4 Å². The number of aromatic nitrogens is 4. The smallest absolute Gasteiger partial charge is 0.314 e. The lowest BCUT2D eigenvalue weighted by atomic mass is 10.2. The molecule has 3 aromatic heterocycles. The van der Waals surface area contributed by atoms with Gasteiger partial charge in [0.1, 0.15) is 0 Å². The quantitative estimate of drug-likeness (QED) is 0.152. The van der Waals surface area contributed by atoms with Crippen molar-refractivity contribution in [1.29, 1.82) is 0 Å². The zero-order chi connectivity index (χ0) is 36.3. The summed E-state index contributed by atoms with van der Waals surface area (Å²) in [6.07, 6.45) is -0.0521. The molecule has 3 heterocycles. The van der Waals surface area contributed by atoms with Crippen LogP contribution in [0.5, 0.6) is 0 Å². The summed E-state index contributed by atoms with van der Waals surface area (Å²) in [4.78, 5) is 19.9. The van der Waals surface area contributed by atoms with Crippen LogP contribution in [0.1, 0.15) is 47.9 Å². The van der Waals surface area contributed by atoms with Crippen LogP contribution in [0, 0.1) is 0 Å². The monoisotopic (exact) mass is 727 g/mol. The SMILES string of the molecule is CCS(=O)(=O)N(Cc1ccc(-c2nnc(C(F)F)o2)cn1)c1ccccc1.CCS(=O)(=O)N(Cc1ccc(C(=O)CN)cn1)c1ccccc1. The second-order valence-electron chi connectivity index (χ2n) is 10.4. The van der Waals surface area contributed by atoms with E-state index in [1.807, 2.05) is 6.07 Å². The number of nitrogens with zero attached hydrogens (tertiary/aromatic N) is 6. The van der Waals surface area contributed by atoms with Gasteiger partial charge in [-0.25, -0.2) is 16.8 Å². The number of carbonyl (C=O) groups excluding carboxylic acids is 1. The van der Waals surface area contributed by atoms with E-state index in [1.54, 1.807) is 92.7 Å². The minimum absolute atomic E-state index is 0.00830. The first kappa shape index (κ1) is 37.7. The second kappa shape index (κ2) is 17.0. The first-order valence-electron chi connectivity index (χ1n) is 15.2. The molecule has 13 nitrogen and oxygen atoms in total. The van der Waals surface area contributed by atoms with Crippen molar-refractivity contribution < 1.29 is 34.8 Å². The lowest BCUT2D eigenvalue weighted by Gasteiger charge is -2.23. The molecule has 0 saturated carbocycles. The Morgan fingerprint density at radius 2 is 1.24 bits per heavy atom. The van der Waals surface area contributed by atoms with E-state index in [2.05, 4.69) is 20.2 Å². The zero-order valence-corrected chi connectivity index (χ0v) is 28.8. The van der Waals surface area contributed by atoms with E-state index in [-0.39, 0.29) is 42.8 Å². The maximum atomic E-state index is 12.5. The second-order valence-corrected chi connectivity index (χ2v) is 14.8. The van der Waals surface area contributed by atoms with Gasteiger partial charge < -0.3 is 10.2 Å².